The summed E-state index contributed by atoms with van der Waals surface area (Å²) in [5.74, 6) is 2.61. The highest BCUT2D eigenvalue weighted by Gasteiger charge is 2.21. The zero-order chi connectivity index (χ0) is 19.1. The van der Waals surface area contributed by atoms with Crippen molar-refractivity contribution < 1.29 is 14.3 Å². The topological polar surface area (TPSA) is 59.8 Å². The molecule has 1 aliphatic heterocycles. The van der Waals surface area contributed by atoms with Gasteiger partial charge in [-0.05, 0) is 24.3 Å². The molecule has 3 rings (SSSR count). The van der Waals surface area contributed by atoms with Gasteiger partial charge in [0.15, 0.2) is 6.61 Å². The number of amides is 1. The molecule has 1 fully saturated rings. The lowest BCUT2D eigenvalue weighted by Gasteiger charge is -2.34. The molecule has 27 heavy (non-hydrogen) atoms. The third kappa shape index (κ3) is 5.23. The number of methoxy groups -OCH3 is 1. The van der Waals surface area contributed by atoms with E-state index in [0.717, 1.165) is 57.3 Å². The molecule has 146 valence electrons. The van der Waals surface area contributed by atoms with E-state index in [1.807, 2.05) is 41.6 Å². The van der Waals surface area contributed by atoms with E-state index in [2.05, 4.69) is 21.4 Å². The van der Waals surface area contributed by atoms with Crippen LogP contribution in [0.1, 0.15) is 12.7 Å². The molecule has 0 N–H and O–H groups in total. The first-order valence-electron chi connectivity index (χ1n) is 9.46. The Morgan fingerprint density at radius 1 is 1.07 bits per heavy atom. The van der Waals surface area contributed by atoms with Crippen molar-refractivity contribution in [2.24, 2.45) is 0 Å². The van der Waals surface area contributed by atoms with Gasteiger partial charge >= 0.3 is 0 Å². The first-order chi connectivity index (χ1) is 13.2. The van der Waals surface area contributed by atoms with Gasteiger partial charge in [0.2, 0.25) is 0 Å². The van der Waals surface area contributed by atoms with Crippen LogP contribution in [0.4, 0.5) is 0 Å². The quantitative estimate of drug-likeness (QED) is 0.706. The van der Waals surface area contributed by atoms with Gasteiger partial charge in [-0.2, -0.15) is 0 Å². The summed E-state index contributed by atoms with van der Waals surface area (Å²) in [5, 5.41) is 0. The minimum Gasteiger partial charge on any atom is -0.497 e. The minimum atomic E-state index is 0.0355. The highest BCUT2D eigenvalue weighted by atomic mass is 16.5. The Labute approximate surface area is 160 Å². The summed E-state index contributed by atoms with van der Waals surface area (Å²) in [4.78, 5) is 21.0. The van der Waals surface area contributed by atoms with Gasteiger partial charge in [0.1, 0.15) is 17.3 Å². The van der Waals surface area contributed by atoms with E-state index in [9.17, 15) is 4.79 Å². The van der Waals surface area contributed by atoms with Crippen LogP contribution >= 0.6 is 0 Å². The van der Waals surface area contributed by atoms with Crippen molar-refractivity contribution in [2.75, 3.05) is 46.4 Å². The van der Waals surface area contributed by atoms with Crippen LogP contribution in [0, 0.1) is 0 Å². The zero-order valence-corrected chi connectivity index (χ0v) is 16.1. The maximum atomic E-state index is 12.4. The van der Waals surface area contributed by atoms with Gasteiger partial charge in [-0.3, -0.25) is 9.69 Å². The van der Waals surface area contributed by atoms with E-state index in [1.54, 1.807) is 7.11 Å². The molecular weight excluding hydrogens is 344 g/mol. The van der Waals surface area contributed by atoms with Crippen LogP contribution in [0.15, 0.2) is 36.7 Å². The lowest BCUT2D eigenvalue weighted by Crippen LogP contribution is -2.50. The first-order valence-corrected chi connectivity index (χ1v) is 9.46. The van der Waals surface area contributed by atoms with E-state index in [1.165, 1.54) is 0 Å². The number of nitrogens with zero attached hydrogens (tertiary/aromatic N) is 4. The number of hydrogen-bond donors (Lipinski definition) is 0. The summed E-state index contributed by atoms with van der Waals surface area (Å²) >= 11 is 0. The van der Waals surface area contributed by atoms with E-state index in [0.29, 0.717) is 5.75 Å². The van der Waals surface area contributed by atoms with Crippen LogP contribution in [0.3, 0.4) is 0 Å². The van der Waals surface area contributed by atoms with Crippen LogP contribution in [0.2, 0.25) is 0 Å². The molecule has 7 heteroatoms. The second kappa shape index (κ2) is 9.41. The third-order valence-electron chi connectivity index (χ3n) is 4.92. The van der Waals surface area contributed by atoms with E-state index < -0.39 is 0 Å². The molecule has 7 nitrogen and oxygen atoms in total. The van der Waals surface area contributed by atoms with Gasteiger partial charge in [0.25, 0.3) is 5.91 Å². The molecule has 0 saturated carbocycles. The SMILES string of the molecule is CCc1nccn1CCN1CCN(C(=O)COc2ccc(OC)cc2)CC1. The van der Waals surface area contributed by atoms with Crippen molar-refractivity contribution in [3.05, 3.63) is 42.5 Å². The molecule has 1 aromatic heterocycles. The summed E-state index contributed by atoms with van der Waals surface area (Å²) in [6, 6.07) is 7.26. The summed E-state index contributed by atoms with van der Waals surface area (Å²) in [7, 11) is 1.62. The predicted molar refractivity (Wildman–Crippen MR) is 103 cm³/mol. The molecule has 0 atom stereocenters. The Kier molecular flexibility index (Phi) is 6.70. The third-order valence-corrected chi connectivity index (χ3v) is 4.92. The normalized spacial score (nSPS) is 15.0. The Morgan fingerprint density at radius 3 is 2.44 bits per heavy atom. The first kappa shape index (κ1) is 19.2. The Morgan fingerprint density at radius 2 is 1.78 bits per heavy atom. The molecule has 0 spiro atoms. The summed E-state index contributed by atoms with van der Waals surface area (Å²) < 4.78 is 12.9. The van der Waals surface area contributed by atoms with Crippen molar-refractivity contribution in [2.45, 2.75) is 19.9 Å². The number of rotatable bonds is 8. The highest BCUT2D eigenvalue weighted by Crippen LogP contribution is 2.17. The van der Waals surface area contributed by atoms with Gasteiger partial charge in [0, 0.05) is 58.1 Å². The Bertz CT molecular complexity index is 721. The van der Waals surface area contributed by atoms with Crippen LogP contribution < -0.4 is 9.47 Å². The lowest BCUT2D eigenvalue weighted by atomic mass is 10.3. The Balaban J connectivity index is 1.38. The summed E-state index contributed by atoms with van der Waals surface area (Å²) in [5.41, 5.74) is 0. The fourth-order valence-corrected chi connectivity index (χ4v) is 3.24. The molecule has 1 aromatic carbocycles. The van der Waals surface area contributed by atoms with E-state index >= 15 is 0 Å². The van der Waals surface area contributed by atoms with Crippen LogP contribution in [-0.2, 0) is 17.8 Å². The second-order valence-corrected chi connectivity index (χ2v) is 6.58. The second-order valence-electron chi connectivity index (χ2n) is 6.58. The summed E-state index contributed by atoms with van der Waals surface area (Å²) in [6.07, 6.45) is 4.84. The molecule has 0 unspecified atom stereocenters. The molecule has 2 heterocycles. The van der Waals surface area contributed by atoms with Crippen LogP contribution in [0.5, 0.6) is 11.5 Å². The van der Waals surface area contributed by atoms with Gasteiger partial charge in [-0.25, -0.2) is 4.98 Å². The minimum absolute atomic E-state index is 0.0355. The van der Waals surface area contributed by atoms with Crippen molar-refractivity contribution >= 4 is 5.91 Å². The number of aryl methyl sites for hydroxylation is 1. The fourth-order valence-electron chi connectivity index (χ4n) is 3.24. The predicted octanol–water partition coefficient (Wildman–Crippen LogP) is 1.68. The fraction of sp³-hybridized carbons (Fsp3) is 0.500. The van der Waals surface area contributed by atoms with Gasteiger partial charge in [-0.1, -0.05) is 6.92 Å². The molecule has 1 aliphatic rings. The van der Waals surface area contributed by atoms with Gasteiger partial charge < -0.3 is 18.9 Å². The van der Waals surface area contributed by atoms with Crippen LogP contribution in [0.25, 0.3) is 0 Å². The highest BCUT2D eigenvalue weighted by molar-refractivity contribution is 5.77. The molecule has 0 radical (unpaired) electrons. The van der Waals surface area contributed by atoms with Gasteiger partial charge in [0.05, 0.1) is 7.11 Å². The maximum absolute atomic E-state index is 12.4. The van der Waals surface area contributed by atoms with Crippen molar-refractivity contribution in [1.82, 2.24) is 19.4 Å². The van der Waals surface area contributed by atoms with Crippen molar-refractivity contribution in [3.8, 4) is 11.5 Å². The summed E-state index contributed by atoms with van der Waals surface area (Å²) in [6.45, 7) is 7.39. The molecular formula is C20H28N4O3. The zero-order valence-electron chi connectivity index (χ0n) is 16.1. The molecule has 1 amide bonds. The number of carbonyl (C=O) groups excluding carboxylic acids is 1. The monoisotopic (exact) mass is 372 g/mol. The number of imidazole rings is 1. The largest absolute Gasteiger partial charge is 0.497 e. The Hall–Kier alpha value is -2.54. The number of piperazine rings is 1. The number of hydrogen-bond acceptors (Lipinski definition) is 5. The molecule has 2 aromatic rings. The maximum Gasteiger partial charge on any atom is 0.260 e. The molecule has 1 saturated heterocycles. The average molecular weight is 372 g/mol. The van der Waals surface area contributed by atoms with E-state index in [4.69, 9.17) is 9.47 Å². The van der Waals surface area contributed by atoms with Crippen molar-refractivity contribution in [3.63, 3.8) is 0 Å². The van der Waals surface area contributed by atoms with Gasteiger partial charge in [-0.15, -0.1) is 0 Å². The molecule has 0 bridgehead atoms. The lowest BCUT2D eigenvalue weighted by molar-refractivity contribution is -0.135. The van der Waals surface area contributed by atoms with Crippen LogP contribution in [-0.4, -0.2) is 71.7 Å². The van der Waals surface area contributed by atoms with E-state index in [-0.39, 0.29) is 12.5 Å². The number of benzene rings is 1. The molecule has 0 aliphatic carbocycles. The number of aromatic nitrogens is 2. The average Bonchev–Trinajstić information content (AvgIpc) is 3.19. The number of ether oxygens (including phenoxy) is 2. The van der Waals surface area contributed by atoms with Crippen molar-refractivity contribution in [1.29, 1.82) is 0 Å². The standard InChI is InChI=1S/C20H28N4O3/c1-3-19-21-8-9-23(19)13-10-22-11-14-24(15-12-22)20(25)16-27-18-6-4-17(26-2)5-7-18/h4-9H,3,10-16H2,1-2H3. The number of carbonyl (C=O) groups is 1. The smallest absolute Gasteiger partial charge is 0.260 e.